The van der Waals surface area contributed by atoms with Gasteiger partial charge in [-0.1, -0.05) is 11.6 Å². The lowest BCUT2D eigenvalue weighted by molar-refractivity contribution is 0.266. The normalized spacial score (nSPS) is 23.0. The lowest BCUT2D eigenvalue weighted by atomic mass is 10.1. The molecule has 1 unspecified atom stereocenters. The van der Waals surface area contributed by atoms with E-state index in [-0.39, 0.29) is 0 Å². The van der Waals surface area contributed by atoms with Gasteiger partial charge in [-0.15, -0.1) is 0 Å². The lowest BCUT2D eigenvalue weighted by Gasteiger charge is -2.20. The number of aromatic nitrogens is 2. The lowest BCUT2D eigenvalue weighted by Crippen LogP contribution is -2.29. The van der Waals surface area contributed by atoms with Gasteiger partial charge in [-0.25, -0.2) is 9.97 Å². The molecule has 0 amide bonds. The summed E-state index contributed by atoms with van der Waals surface area (Å²) >= 11 is 6.25. The quantitative estimate of drug-likeness (QED) is 0.846. The number of likely N-dealkylation sites (tertiary alicyclic amines) is 1. The van der Waals surface area contributed by atoms with E-state index in [4.69, 9.17) is 11.6 Å². The Balaban J connectivity index is 1.62. The summed E-state index contributed by atoms with van der Waals surface area (Å²) in [7, 11) is 0. The van der Waals surface area contributed by atoms with Crippen LogP contribution in [0, 0.1) is 12.8 Å². The SMILES string of the molecule is Cc1c(Cl)nc(C2CC2)nc1NCC1CCN(C(C)C)C1. The number of hydrogen-bond donors (Lipinski definition) is 1. The summed E-state index contributed by atoms with van der Waals surface area (Å²) in [4.78, 5) is 11.6. The summed E-state index contributed by atoms with van der Waals surface area (Å²) in [5.41, 5.74) is 0.972. The smallest absolute Gasteiger partial charge is 0.137 e. The molecular weight excluding hydrogens is 284 g/mol. The van der Waals surface area contributed by atoms with Crippen LogP contribution in [0.1, 0.15) is 50.4 Å². The molecule has 1 atom stereocenters. The molecule has 2 fully saturated rings. The van der Waals surface area contributed by atoms with Crippen molar-refractivity contribution < 1.29 is 0 Å². The molecule has 2 heterocycles. The van der Waals surface area contributed by atoms with E-state index in [0.717, 1.165) is 23.8 Å². The molecule has 1 aliphatic heterocycles. The fourth-order valence-corrected chi connectivity index (χ4v) is 3.12. The fraction of sp³-hybridized carbons (Fsp3) is 0.750. The van der Waals surface area contributed by atoms with Gasteiger partial charge in [-0.05, 0) is 52.5 Å². The Hall–Kier alpha value is -0.870. The first-order valence-electron chi connectivity index (χ1n) is 8.06. The minimum Gasteiger partial charge on any atom is -0.369 e. The van der Waals surface area contributed by atoms with Gasteiger partial charge in [0.2, 0.25) is 0 Å². The van der Waals surface area contributed by atoms with E-state index in [1.807, 2.05) is 6.92 Å². The highest BCUT2D eigenvalue weighted by atomic mass is 35.5. The zero-order chi connectivity index (χ0) is 15.0. The highest BCUT2D eigenvalue weighted by molar-refractivity contribution is 6.30. The Morgan fingerprint density at radius 1 is 1.29 bits per heavy atom. The maximum Gasteiger partial charge on any atom is 0.137 e. The van der Waals surface area contributed by atoms with Crippen LogP contribution in [0.5, 0.6) is 0 Å². The van der Waals surface area contributed by atoms with Gasteiger partial charge in [0.1, 0.15) is 16.8 Å². The molecule has 3 rings (SSSR count). The van der Waals surface area contributed by atoms with Gasteiger partial charge in [0.25, 0.3) is 0 Å². The summed E-state index contributed by atoms with van der Waals surface area (Å²) in [5, 5.41) is 4.12. The molecule has 21 heavy (non-hydrogen) atoms. The summed E-state index contributed by atoms with van der Waals surface area (Å²) < 4.78 is 0. The van der Waals surface area contributed by atoms with Gasteiger partial charge in [0.05, 0.1) is 0 Å². The molecule has 1 N–H and O–H groups in total. The van der Waals surface area contributed by atoms with Crippen LogP contribution in [-0.4, -0.2) is 40.5 Å². The third-order valence-electron chi connectivity index (χ3n) is 4.65. The largest absolute Gasteiger partial charge is 0.369 e. The van der Waals surface area contributed by atoms with Gasteiger partial charge >= 0.3 is 0 Å². The highest BCUT2D eigenvalue weighted by Crippen LogP contribution is 2.39. The van der Waals surface area contributed by atoms with Crippen LogP contribution >= 0.6 is 11.6 Å². The van der Waals surface area contributed by atoms with E-state index in [2.05, 4.69) is 34.0 Å². The van der Waals surface area contributed by atoms with Crippen molar-refractivity contribution in [3.63, 3.8) is 0 Å². The monoisotopic (exact) mass is 308 g/mol. The standard InChI is InChI=1S/C16H25ClN4/c1-10(2)21-7-6-12(9-21)8-18-15-11(3)14(17)19-16(20-15)13-4-5-13/h10,12-13H,4-9H2,1-3H3,(H,18,19,20). The Morgan fingerprint density at radius 2 is 2.05 bits per heavy atom. The molecular formula is C16H25ClN4. The Labute approximate surface area is 132 Å². The molecule has 4 nitrogen and oxygen atoms in total. The minimum atomic E-state index is 0.534. The van der Waals surface area contributed by atoms with Crippen molar-refractivity contribution in [1.29, 1.82) is 0 Å². The third-order valence-corrected chi connectivity index (χ3v) is 5.02. The van der Waals surface area contributed by atoms with Crippen LogP contribution in [0.3, 0.4) is 0 Å². The van der Waals surface area contributed by atoms with E-state index >= 15 is 0 Å². The van der Waals surface area contributed by atoms with Gasteiger partial charge in [-0.2, -0.15) is 0 Å². The molecule has 0 spiro atoms. The summed E-state index contributed by atoms with van der Waals surface area (Å²) in [6.45, 7) is 9.90. The van der Waals surface area contributed by atoms with Crippen molar-refractivity contribution in [1.82, 2.24) is 14.9 Å². The van der Waals surface area contributed by atoms with E-state index in [1.54, 1.807) is 0 Å². The molecule has 1 saturated heterocycles. The van der Waals surface area contributed by atoms with Gasteiger partial charge < -0.3 is 10.2 Å². The van der Waals surface area contributed by atoms with Crippen molar-refractivity contribution in [2.24, 2.45) is 5.92 Å². The van der Waals surface area contributed by atoms with Crippen molar-refractivity contribution >= 4 is 17.4 Å². The maximum atomic E-state index is 6.25. The molecule has 2 aliphatic rings. The third kappa shape index (κ3) is 3.49. The molecule has 1 aliphatic carbocycles. The van der Waals surface area contributed by atoms with Gasteiger partial charge in [0, 0.05) is 30.6 Å². The van der Waals surface area contributed by atoms with E-state index in [1.165, 1.54) is 32.4 Å². The Kier molecular flexibility index (Phi) is 4.36. The van der Waals surface area contributed by atoms with Crippen LogP contribution < -0.4 is 5.32 Å². The highest BCUT2D eigenvalue weighted by Gasteiger charge is 2.28. The fourth-order valence-electron chi connectivity index (χ4n) is 2.94. The van der Waals surface area contributed by atoms with Crippen molar-refractivity contribution in [3.8, 4) is 0 Å². The van der Waals surface area contributed by atoms with Crippen LogP contribution in [-0.2, 0) is 0 Å². The zero-order valence-corrected chi connectivity index (χ0v) is 14.0. The molecule has 0 bridgehead atoms. The Morgan fingerprint density at radius 3 is 2.67 bits per heavy atom. The van der Waals surface area contributed by atoms with Crippen LogP contribution in [0.2, 0.25) is 5.15 Å². The topological polar surface area (TPSA) is 41.1 Å². The van der Waals surface area contributed by atoms with Crippen molar-refractivity contribution in [2.45, 2.75) is 52.0 Å². The maximum absolute atomic E-state index is 6.25. The molecule has 1 aromatic heterocycles. The number of nitrogens with one attached hydrogen (secondary N) is 1. The van der Waals surface area contributed by atoms with Crippen molar-refractivity contribution in [3.05, 3.63) is 16.5 Å². The molecule has 1 saturated carbocycles. The zero-order valence-electron chi connectivity index (χ0n) is 13.2. The second kappa shape index (κ2) is 6.09. The Bertz CT molecular complexity index is 513. The summed E-state index contributed by atoms with van der Waals surface area (Å²) in [5.74, 6) is 3.08. The second-order valence-corrected chi connectivity index (χ2v) is 7.10. The predicted molar refractivity (Wildman–Crippen MR) is 87.1 cm³/mol. The van der Waals surface area contributed by atoms with Gasteiger partial charge in [0.15, 0.2) is 0 Å². The average Bonchev–Trinajstić information content (AvgIpc) is 3.18. The number of halogens is 1. The number of hydrogen-bond acceptors (Lipinski definition) is 4. The first-order valence-corrected chi connectivity index (χ1v) is 8.44. The first kappa shape index (κ1) is 15.0. The molecule has 5 heteroatoms. The molecule has 1 aromatic rings. The van der Waals surface area contributed by atoms with Crippen LogP contribution in [0.15, 0.2) is 0 Å². The number of nitrogens with zero attached hydrogens (tertiary/aromatic N) is 3. The minimum absolute atomic E-state index is 0.534. The molecule has 116 valence electrons. The second-order valence-electron chi connectivity index (χ2n) is 6.74. The molecule has 0 radical (unpaired) electrons. The number of rotatable bonds is 5. The van der Waals surface area contributed by atoms with Crippen molar-refractivity contribution in [2.75, 3.05) is 25.0 Å². The van der Waals surface area contributed by atoms with E-state index < -0.39 is 0 Å². The number of anilines is 1. The predicted octanol–water partition coefficient (Wildman–Crippen LogP) is 3.46. The average molecular weight is 309 g/mol. The van der Waals surface area contributed by atoms with E-state index in [0.29, 0.717) is 23.0 Å². The van der Waals surface area contributed by atoms with Gasteiger partial charge in [-0.3, -0.25) is 0 Å². The van der Waals surface area contributed by atoms with Crippen LogP contribution in [0.4, 0.5) is 5.82 Å². The first-order chi connectivity index (χ1) is 10.0. The van der Waals surface area contributed by atoms with Crippen LogP contribution in [0.25, 0.3) is 0 Å². The summed E-state index contributed by atoms with van der Waals surface area (Å²) in [6.07, 6.45) is 3.66. The summed E-state index contributed by atoms with van der Waals surface area (Å²) in [6, 6.07) is 0.645. The van der Waals surface area contributed by atoms with E-state index in [9.17, 15) is 0 Å². The molecule has 0 aromatic carbocycles.